The molecule has 0 aromatic carbocycles. The highest BCUT2D eigenvalue weighted by molar-refractivity contribution is 5.11. The maximum absolute atomic E-state index is 13.3. The van der Waals surface area contributed by atoms with Gasteiger partial charge in [-0.2, -0.15) is 39.5 Å². The van der Waals surface area contributed by atoms with Crippen LogP contribution in [-0.4, -0.2) is 52.2 Å². The molecule has 3 nitrogen and oxygen atoms in total. The van der Waals surface area contributed by atoms with Crippen LogP contribution in [0.15, 0.2) is 12.2 Å². The second-order valence-electron chi connectivity index (χ2n) is 7.67. The molecule has 0 heterocycles. The van der Waals surface area contributed by atoms with Crippen molar-refractivity contribution in [1.82, 2.24) is 0 Å². The van der Waals surface area contributed by atoms with E-state index in [1.54, 1.807) is 12.2 Å². The van der Waals surface area contributed by atoms with Crippen LogP contribution in [-0.2, 0) is 4.74 Å². The van der Waals surface area contributed by atoms with E-state index < -0.39 is 60.7 Å². The molecule has 2 N–H and O–H groups in total. The SMILES string of the molecule is CC(O)(CC(O)(CC(OC1CC2C=CC1C2)C(F)(F)F)C(F)(F)F)C(F)(F)F. The van der Waals surface area contributed by atoms with Crippen LogP contribution in [0.1, 0.15) is 32.6 Å². The third kappa shape index (κ3) is 4.76. The molecule has 0 aromatic heterocycles. The zero-order chi connectivity index (χ0) is 21.8. The van der Waals surface area contributed by atoms with Crippen molar-refractivity contribution in [2.24, 2.45) is 11.8 Å². The first-order valence-corrected chi connectivity index (χ1v) is 8.34. The van der Waals surface area contributed by atoms with Crippen LogP contribution in [0.5, 0.6) is 0 Å². The number of hydrogen-bond acceptors (Lipinski definition) is 3. The smallest absolute Gasteiger partial charge is 0.381 e. The second-order valence-corrected chi connectivity index (χ2v) is 7.67. The molecule has 28 heavy (non-hydrogen) atoms. The molecule has 0 radical (unpaired) electrons. The lowest BCUT2D eigenvalue weighted by atomic mass is 9.82. The fourth-order valence-corrected chi connectivity index (χ4v) is 3.60. The first kappa shape index (κ1) is 23.3. The van der Waals surface area contributed by atoms with Crippen LogP contribution in [0.2, 0.25) is 0 Å². The van der Waals surface area contributed by atoms with Gasteiger partial charge in [-0.05, 0) is 25.7 Å². The van der Waals surface area contributed by atoms with E-state index in [1.807, 2.05) is 0 Å². The lowest BCUT2D eigenvalue weighted by molar-refractivity contribution is -0.329. The third-order valence-electron chi connectivity index (χ3n) is 5.22. The number of fused-ring (bicyclic) bond motifs is 2. The van der Waals surface area contributed by atoms with Crippen molar-refractivity contribution in [3.05, 3.63) is 12.2 Å². The van der Waals surface area contributed by atoms with Gasteiger partial charge >= 0.3 is 18.5 Å². The van der Waals surface area contributed by atoms with E-state index in [9.17, 15) is 49.7 Å². The molecule has 0 amide bonds. The van der Waals surface area contributed by atoms with Gasteiger partial charge in [-0.1, -0.05) is 12.2 Å². The van der Waals surface area contributed by atoms with E-state index in [0.717, 1.165) is 0 Å². The summed E-state index contributed by atoms with van der Waals surface area (Å²) in [6.07, 6.45) is -21.7. The topological polar surface area (TPSA) is 49.7 Å². The normalized spacial score (nSPS) is 30.9. The van der Waals surface area contributed by atoms with Crippen molar-refractivity contribution in [2.45, 2.75) is 74.5 Å². The highest BCUT2D eigenvalue weighted by Gasteiger charge is 2.64. The monoisotopic (exact) mass is 430 g/mol. The molecule has 6 unspecified atom stereocenters. The molecule has 2 bridgehead atoms. The van der Waals surface area contributed by atoms with Crippen LogP contribution in [0, 0.1) is 11.8 Å². The van der Waals surface area contributed by atoms with Crippen molar-refractivity contribution in [3.8, 4) is 0 Å². The summed E-state index contributed by atoms with van der Waals surface area (Å²) in [4.78, 5) is 0. The number of allylic oxidation sites excluding steroid dienone is 1. The van der Waals surface area contributed by atoms with Gasteiger partial charge in [0.2, 0.25) is 0 Å². The standard InChI is InChI=1S/C16H19F9O3/c1-12(26,15(20,21)22)7-13(27,16(23,24)25)6-11(14(17,18)19)28-10-5-8-2-3-9(10)4-8/h2-3,8-11,26-27H,4-7H2,1H3. The Labute approximate surface area is 154 Å². The number of ether oxygens (including phenoxy) is 1. The molecule has 0 aliphatic heterocycles. The predicted octanol–water partition coefficient (Wildman–Crippen LogP) is 4.29. The van der Waals surface area contributed by atoms with Crippen molar-refractivity contribution < 1.29 is 54.5 Å². The van der Waals surface area contributed by atoms with Gasteiger partial charge in [-0.25, -0.2) is 0 Å². The highest BCUT2D eigenvalue weighted by atomic mass is 19.4. The summed E-state index contributed by atoms with van der Waals surface area (Å²) in [5, 5.41) is 19.1. The number of hydrogen-bond donors (Lipinski definition) is 2. The van der Waals surface area contributed by atoms with Gasteiger partial charge in [0.15, 0.2) is 17.3 Å². The maximum Gasteiger partial charge on any atom is 0.417 e. The molecule has 0 aromatic rings. The Morgan fingerprint density at radius 3 is 1.86 bits per heavy atom. The molecule has 1 saturated carbocycles. The number of alkyl halides is 9. The quantitative estimate of drug-likeness (QED) is 0.489. The molecule has 1 fully saturated rings. The summed E-state index contributed by atoms with van der Waals surface area (Å²) in [5.41, 5.74) is -8.54. The minimum absolute atomic E-state index is 0.0477. The van der Waals surface area contributed by atoms with Crippen LogP contribution < -0.4 is 0 Å². The van der Waals surface area contributed by atoms with Crippen LogP contribution >= 0.6 is 0 Å². The van der Waals surface area contributed by atoms with Gasteiger partial charge in [0, 0.05) is 18.8 Å². The predicted molar refractivity (Wildman–Crippen MR) is 77.0 cm³/mol. The van der Waals surface area contributed by atoms with Crippen LogP contribution in [0.4, 0.5) is 39.5 Å². The first-order chi connectivity index (χ1) is 12.4. The van der Waals surface area contributed by atoms with E-state index in [2.05, 4.69) is 0 Å². The average Bonchev–Trinajstić information content (AvgIpc) is 3.05. The highest BCUT2D eigenvalue weighted by Crippen LogP contribution is 2.48. The van der Waals surface area contributed by atoms with Gasteiger partial charge in [0.05, 0.1) is 6.10 Å². The zero-order valence-corrected chi connectivity index (χ0v) is 14.5. The maximum atomic E-state index is 13.3. The largest absolute Gasteiger partial charge is 0.417 e. The Kier molecular flexibility index (Phi) is 5.86. The van der Waals surface area contributed by atoms with Crippen molar-refractivity contribution in [2.75, 3.05) is 0 Å². The first-order valence-electron chi connectivity index (χ1n) is 8.34. The van der Waals surface area contributed by atoms with Crippen LogP contribution in [0.25, 0.3) is 0 Å². The molecule has 6 atom stereocenters. The van der Waals surface area contributed by atoms with E-state index in [4.69, 9.17) is 4.74 Å². The lowest BCUT2D eigenvalue weighted by Gasteiger charge is -2.40. The fourth-order valence-electron chi connectivity index (χ4n) is 3.60. The fraction of sp³-hybridized carbons (Fsp3) is 0.875. The van der Waals surface area contributed by atoms with E-state index in [1.165, 1.54) is 0 Å². The molecule has 164 valence electrons. The minimum Gasteiger partial charge on any atom is -0.381 e. The van der Waals surface area contributed by atoms with E-state index in [0.29, 0.717) is 6.42 Å². The Morgan fingerprint density at radius 1 is 0.929 bits per heavy atom. The summed E-state index contributed by atoms with van der Waals surface area (Å²) in [6.45, 7) is -0.0477. The summed E-state index contributed by atoms with van der Waals surface area (Å²) in [5.74, 6) is -0.511. The average molecular weight is 430 g/mol. The molecule has 2 rings (SSSR count). The summed E-state index contributed by atoms with van der Waals surface area (Å²) in [6, 6.07) is 0. The van der Waals surface area contributed by atoms with E-state index in [-0.39, 0.29) is 19.3 Å². The van der Waals surface area contributed by atoms with Crippen molar-refractivity contribution >= 4 is 0 Å². The van der Waals surface area contributed by atoms with Crippen LogP contribution in [0.3, 0.4) is 0 Å². The van der Waals surface area contributed by atoms with E-state index >= 15 is 0 Å². The Hall–Kier alpha value is -1.01. The second kappa shape index (κ2) is 7.05. The number of aliphatic hydroxyl groups is 2. The Balaban J connectivity index is 2.27. The summed E-state index contributed by atoms with van der Waals surface area (Å²) in [7, 11) is 0. The van der Waals surface area contributed by atoms with Gasteiger partial charge < -0.3 is 14.9 Å². The molecule has 0 spiro atoms. The molecular weight excluding hydrogens is 411 g/mol. The van der Waals surface area contributed by atoms with Gasteiger partial charge in [0.25, 0.3) is 0 Å². The number of rotatable bonds is 6. The Bertz CT molecular complexity index is 594. The number of halogens is 9. The molecule has 0 saturated heterocycles. The summed E-state index contributed by atoms with van der Waals surface area (Å²) >= 11 is 0. The van der Waals surface area contributed by atoms with Crippen molar-refractivity contribution in [3.63, 3.8) is 0 Å². The van der Waals surface area contributed by atoms with Gasteiger partial charge in [-0.3, -0.25) is 0 Å². The minimum atomic E-state index is -5.87. The Morgan fingerprint density at radius 2 is 1.50 bits per heavy atom. The molecule has 12 heteroatoms. The third-order valence-corrected chi connectivity index (χ3v) is 5.22. The molecule has 2 aliphatic rings. The lowest BCUT2D eigenvalue weighted by Crippen LogP contribution is -2.58. The molecule has 2 aliphatic carbocycles. The van der Waals surface area contributed by atoms with Gasteiger partial charge in [-0.15, -0.1) is 0 Å². The molecular formula is C16H19F9O3. The van der Waals surface area contributed by atoms with Gasteiger partial charge in [0.1, 0.15) is 0 Å². The van der Waals surface area contributed by atoms with Crippen molar-refractivity contribution in [1.29, 1.82) is 0 Å². The zero-order valence-electron chi connectivity index (χ0n) is 14.5. The summed E-state index contributed by atoms with van der Waals surface area (Å²) < 4.78 is 123.